The van der Waals surface area contributed by atoms with Crippen LogP contribution in [0.5, 0.6) is 0 Å². The van der Waals surface area contributed by atoms with Gasteiger partial charge in [0.15, 0.2) is 0 Å². The molecule has 0 aromatic rings. The second-order valence-corrected chi connectivity index (χ2v) is 3.78. The van der Waals surface area contributed by atoms with Crippen LogP contribution in [0.3, 0.4) is 0 Å². The molecule has 98 valence electrons. The summed E-state index contributed by atoms with van der Waals surface area (Å²) in [5.74, 6) is -0.830. The van der Waals surface area contributed by atoms with Crippen LogP contribution < -0.4 is 21.7 Å². The van der Waals surface area contributed by atoms with Crippen molar-refractivity contribution in [3.8, 4) is 0 Å². The summed E-state index contributed by atoms with van der Waals surface area (Å²) in [6, 6.07) is 0. The van der Waals surface area contributed by atoms with E-state index in [1.165, 1.54) is 0 Å². The number of hydrogen-bond acceptors (Lipinski definition) is 4. The van der Waals surface area contributed by atoms with Gasteiger partial charge in [-0.15, -0.1) is 0 Å². The van der Waals surface area contributed by atoms with Crippen molar-refractivity contribution in [3.63, 3.8) is 0 Å². The van der Waals surface area contributed by atoms with Crippen LogP contribution >= 0.6 is 0 Å². The average Bonchev–Trinajstić information content (AvgIpc) is 2.30. The van der Waals surface area contributed by atoms with E-state index in [0.29, 0.717) is 13.1 Å². The van der Waals surface area contributed by atoms with Crippen LogP contribution in [0.4, 0.5) is 0 Å². The number of nitrogens with one attached hydrogen (secondary N) is 3. The Morgan fingerprint density at radius 1 is 1.00 bits per heavy atom. The molecule has 0 aromatic heterocycles. The molecule has 0 spiro atoms. The summed E-state index contributed by atoms with van der Waals surface area (Å²) < 4.78 is 0. The molecule has 0 heterocycles. The van der Waals surface area contributed by atoms with Crippen molar-refractivity contribution in [3.05, 3.63) is 0 Å². The average molecular weight is 244 g/mol. The molecule has 0 fully saturated rings. The number of nitrogens with two attached hydrogens (primary N) is 1. The fraction of sp³-hybridized carbons (Fsp3) is 0.700. The van der Waals surface area contributed by atoms with Crippen LogP contribution in [-0.2, 0) is 14.4 Å². The fourth-order valence-electron chi connectivity index (χ4n) is 0.905. The maximum atomic E-state index is 11.2. The fourth-order valence-corrected chi connectivity index (χ4v) is 0.905. The molecule has 0 aliphatic carbocycles. The number of carbonyl (C=O) groups is 3. The van der Waals surface area contributed by atoms with Crippen LogP contribution in [-0.4, -0.2) is 43.9 Å². The molecule has 0 unspecified atom stereocenters. The number of hydrogen-bond donors (Lipinski definition) is 4. The monoisotopic (exact) mass is 244 g/mol. The molecule has 0 saturated heterocycles. The van der Waals surface area contributed by atoms with Gasteiger partial charge >= 0.3 is 0 Å². The maximum absolute atomic E-state index is 11.2. The van der Waals surface area contributed by atoms with Crippen LogP contribution in [0.15, 0.2) is 0 Å². The summed E-state index contributed by atoms with van der Waals surface area (Å²) in [5.41, 5.74) is 5.05. The Balaban J connectivity index is 3.52. The van der Waals surface area contributed by atoms with Gasteiger partial charge in [0, 0.05) is 19.0 Å². The van der Waals surface area contributed by atoms with Gasteiger partial charge in [0.05, 0.1) is 13.1 Å². The molecule has 17 heavy (non-hydrogen) atoms. The Labute approximate surface area is 100 Å². The van der Waals surface area contributed by atoms with E-state index >= 15 is 0 Å². The first-order valence-electron chi connectivity index (χ1n) is 5.48. The predicted molar refractivity (Wildman–Crippen MR) is 62.9 cm³/mol. The van der Waals surface area contributed by atoms with Crippen LogP contribution in [0.2, 0.25) is 0 Å². The highest BCUT2D eigenvalue weighted by molar-refractivity contribution is 5.85. The van der Waals surface area contributed by atoms with Gasteiger partial charge in [-0.25, -0.2) is 0 Å². The van der Waals surface area contributed by atoms with Gasteiger partial charge in [-0.1, -0.05) is 13.8 Å². The molecule has 5 N–H and O–H groups in total. The molecule has 0 aliphatic heterocycles. The third kappa shape index (κ3) is 8.21. The molecule has 0 saturated carbocycles. The Morgan fingerprint density at radius 2 is 1.59 bits per heavy atom. The minimum absolute atomic E-state index is 0.0596. The third-order valence-corrected chi connectivity index (χ3v) is 1.90. The SMILES string of the molecule is CC(C)C(=O)NCCNC(=O)CNC(=O)CN. The summed E-state index contributed by atoms with van der Waals surface area (Å²) in [5, 5.41) is 7.54. The molecule has 0 bridgehead atoms. The van der Waals surface area contributed by atoms with Crippen molar-refractivity contribution in [1.29, 1.82) is 0 Å². The van der Waals surface area contributed by atoms with Gasteiger partial charge in [-0.3, -0.25) is 14.4 Å². The summed E-state index contributed by atoms with van der Waals surface area (Å²) >= 11 is 0. The van der Waals surface area contributed by atoms with E-state index in [2.05, 4.69) is 16.0 Å². The Hall–Kier alpha value is -1.63. The topological polar surface area (TPSA) is 113 Å². The molecular weight excluding hydrogens is 224 g/mol. The van der Waals surface area contributed by atoms with Crippen molar-refractivity contribution in [2.24, 2.45) is 11.7 Å². The normalized spacial score (nSPS) is 9.88. The zero-order valence-electron chi connectivity index (χ0n) is 10.2. The molecule has 7 nitrogen and oxygen atoms in total. The minimum atomic E-state index is -0.381. The summed E-state index contributed by atoms with van der Waals surface area (Å²) in [6.07, 6.45) is 0. The van der Waals surface area contributed by atoms with Crippen LogP contribution in [0.25, 0.3) is 0 Å². The first-order chi connectivity index (χ1) is 7.97. The first-order valence-corrected chi connectivity index (χ1v) is 5.48. The predicted octanol–water partition coefficient (Wildman–Crippen LogP) is -2.05. The van der Waals surface area contributed by atoms with E-state index in [1.54, 1.807) is 13.8 Å². The quantitative estimate of drug-likeness (QED) is 0.386. The zero-order valence-corrected chi connectivity index (χ0v) is 10.2. The minimum Gasteiger partial charge on any atom is -0.354 e. The summed E-state index contributed by atoms with van der Waals surface area (Å²) in [6.45, 7) is 4.03. The lowest BCUT2D eigenvalue weighted by Crippen LogP contribution is -2.42. The van der Waals surface area contributed by atoms with Gasteiger partial charge in [-0.05, 0) is 0 Å². The lowest BCUT2D eigenvalue weighted by molar-refractivity contribution is -0.125. The highest BCUT2D eigenvalue weighted by Gasteiger charge is 2.06. The maximum Gasteiger partial charge on any atom is 0.239 e. The number of carbonyl (C=O) groups excluding carboxylic acids is 3. The smallest absolute Gasteiger partial charge is 0.239 e. The second-order valence-electron chi connectivity index (χ2n) is 3.78. The molecule has 0 aromatic carbocycles. The molecule has 0 rings (SSSR count). The molecular formula is C10H20N4O3. The number of amides is 3. The van der Waals surface area contributed by atoms with E-state index in [0.717, 1.165) is 0 Å². The van der Waals surface area contributed by atoms with Gasteiger partial charge in [0.1, 0.15) is 0 Å². The summed E-state index contributed by atoms with van der Waals surface area (Å²) in [7, 11) is 0. The highest BCUT2D eigenvalue weighted by Crippen LogP contribution is 1.88. The Bertz CT molecular complexity index is 279. The lowest BCUT2D eigenvalue weighted by Gasteiger charge is -2.09. The largest absolute Gasteiger partial charge is 0.354 e. The van der Waals surface area contributed by atoms with E-state index < -0.39 is 0 Å². The van der Waals surface area contributed by atoms with Gasteiger partial charge < -0.3 is 21.7 Å². The standard InChI is InChI=1S/C10H20N4O3/c1-7(2)10(17)13-4-3-12-9(16)6-14-8(15)5-11/h7H,3-6,11H2,1-2H3,(H,12,16)(H,13,17)(H,14,15). The second kappa shape index (κ2) is 8.51. The zero-order chi connectivity index (χ0) is 13.3. The van der Waals surface area contributed by atoms with Crippen LogP contribution in [0.1, 0.15) is 13.8 Å². The summed E-state index contributed by atoms with van der Waals surface area (Å²) in [4.78, 5) is 33.0. The van der Waals surface area contributed by atoms with Crippen molar-refractivity contribution >= 4 is 17.7 Å². The van der Waals surface area contributed by atoms with Crippen LogP contribution in [0, 0.1) is 5.92 Å². The molecule has 3 amide bonds. The molecule has 0 aliphatic rings. The van der Waals surface area contributed by atoms with Gasteiger partial charge in [-0.2, -0.15) is 0 Å². The number of rotatable bonds is 7. The first kappa shape index (κ1) is 15.4. The third-order valence-electron chi connectivity index (χ3n) is 1.90. The van der Waals surface area contributed by atoms with Gasteiger partial charge in [0.2, 0.25) is 17.7 Å². The van der Waals surface area contributed by atoms with Crippen molar-refractivity contribution < 1.29 is 14.4 Å². The molecule has 7 heteroatoms. The van der Waals surface area contributed by atoms with Gasteiger partial charge in [0.25, 0.3) is 0 Å². The highest BCUT2D eigenvalue weighted by atomic mass is 16.2. The Kier molecular flexibility index (Phi) is 7.70. The van der Waals surface area contributed by atoms with E-state index in [9.17, 15) is 14.4 Å². The Morgan fingerprint density at radius 3 is 2.12 bits per heavy atom. The van der Waals surface area contributed by atoms with E-state index in [1.807, 2.05) is 0 Å². The van der Waals surface area contributed by atoms with E-state index in [4.69, 9.17) is 5.73 Å². The van der Waals surface area contributed by atoms with Crippen molar-refractivity contribution in [2.45, 2.75) is 13.8 Å². The van der Waals surface area contributed by atoms with Crippen molar-refractivity contribution in [1.82, 2.24) is 16.0 Å². The lowest BCUT2D eigenvalue weighted by atomic mass is 10.2. The molecule has 0 radical (unpaired) electrons. The van der Waals surface area contributed by atoms with E-state index in [-0.39, 0.29) is 36.7 Å². The molecule has 0 atom stereocenters. The van der Waals surface area contributed by atoms with Crippen molar-refractivity contribution in [2.75, 3.05) is 26.2 Å².